The zero-order chi connectivity index (χ0) is 19.3. The molecule has 0 unspecified atom stereocenters. The van der Waals surface area contributed by atoms with Crippen LogP contribution in [-0.2, 0) is 9.59 Å². The first-order valence-electron chi connectivity index (χ1n) is 9.88. The van der Waals surface area contributed by atoms with Crippen LogP contribution in [0, 0.1) is 0 Å². The summed E-state index contributed by atoms with van der Waals surface area (Å²) < 4.78 is 0. The molecule has 2 aliphatic rings. The lowest BCUT2D eigenvalue weighted by Crippen LogP contribution is -2.41. The average Bonchev–Trinajstić information content (AvgIpc) is 3.00. The van der Waals surface area contributed by atoms with Crippen molar-refractivity contribution in [2.24, 2.45) is 0 Å². The quantitative estimate of drug-likeness (QED) is 0.845. The van der Waals surface area contributed by atoms with Gasteiger partial charge in [-0.25, -0.2) is 0 Å². The number of anilines is 3. The van der Waals surface area contributed by atoms with E-state index in [1.54, 1.807) is 4.90 Å². The normalized spacial score (nSPS) is 17.1. The van der Waals surface area contributed by atoms with E-state index in [0.717, 1.165) is 35.0 Å². The molecule has 0 aromatic heterocycles. The van der Waals surface area contributed by atoms with E-state index in [9.17, 15) is 9.59 Å². The highest BCUT2D eigenvalue weighted by molar-refractivity contribution is 8.00. The lowest BCUT2D eigenvalue weighted by molar-refractivity contribution is -0.120. The van der Waals surface area contributed by atoms with Gasteiger partial charge >= 0.3 is 0 Å². The molecule has 28 heavy (non-hydrogen) atoms. The molecule has 2 aromatic rings. The van der Waals surface area contributed by atoms with Gasteiger partial charge in [0.15, 0.2) is 0 Å². The van der Waals surface area contributed by atoms with Gasteiger partial charge in [0.2, 0.25) is 11.8 Å². The first-order valence-corrected chi connectivity index (χ1v) is 10.9. The second-order valence-corrected chi connectivity index (χ2v) is 8.22. The number of thioether (sulfide) groups is 1. The van der Waals surface area contributed by atoms with Crippen molar-refractivity contribution in [2.75, 3.05) is 40.5 Å². The van der Waals surface area contributed by atoms with E-state index < -0.39 is 0 Å². The predicted molar refractivity (Wildman–Crippen MR) is 115 cm³/mol. The van der Waals surface area contributed by atoms with Gasteiger partial charge in [0.1, 0.15) is 6.54 Å². The number of rotatable bonds is 4. The zero-order valence-electron chi connectivity index (χ0n) is 15.9. The Balaban J connectivity index is 1.50. The SMILES string of the molecule is O=C(CN1C(=O)CSc2ccccc21)Nc1ccccc1N1CCCCCC1. The lowest BCUT2D eigenvalue weighted by Gasteiger charge is -2.29. The first-order chi connectivity index (χ1) is 13.7. The van der Waals surface area contributed by atoms with Crippen LogP contribution < -0.4 is 15.1 Å². The maximum absolute atomic E-state index is 12.8. The molecule has 0 radical (unpaired) electrons. The Morgan fingerprint density at radius 2 is 1.61 bits per heavy atom. The minimum absolute atomic E-state index is 0.0281. The number of hydrogen-bond acceptors (Lipinski definition) is 4. The van der Waals surface area contributed by atoms with Crippen LogP contribution in [-0.4, -0.2) is 37.2 Å². The highest BCUT2D eigenvalue weighted by Crippen LogP contribution is 2.35. The summed E-state index contributed by atoms with van der Waals surface area (Å²) in [6, 6.07) is 15.7. The molecular weight excluding hydrogens is 370 g/mol. The van der Waals surface area contributed by atoms with Gasteiger partial charge in [-0.3, -0.25) is 9.59 Å². The molecule has 6 heteroatoms. The molecular formula is C22H25N3O2S. The lowest BCUT2D eigenvalue weighted by atomic mass is 10.2. The third-order valence-corrected chi connectivity index (χ3v) is 6.28. The van der Waals surface area contributed by atoms with Gasteiger partial charge in [-0.2, -0.15) is 0 Å². The van der Waals surface area contributed by atoms with E-state index in [2.05, 4.69) is 16.3 Å². The minimum atomic E-state index is -0.169. The van der Waals surface area contributed by atoms with Crippen molar-refractivity contribution in [2.45, 2.75) is 30.6 Å². The average molecular weight is 396 g/mol. The van der Waals surface area contributed by atoms with E-state index in [0.29, 0.717) is 5.75 Å². The smallest absolute Gasteiger partial charge is 0.244 e. The van der Waals surface area contributed by atoms with Crippen LogP contribution in [0.1, 0.15) is 25.7 Å². The van der Waals surface area contributed by atoms with Crippen molar-refractivity contribution < 1.29 is 9.59 Å². The molecule has 2 aromatic carbocycles. The summed E-state index contributed by atoms with van der Waals surface area (Å²) in [5, 5.41) is 3.05. The zero-order valence-corrected chi connectivity index (χ0v) is 16.7. The van der Waals surface area contributed by atoms with Crippen LogP contribution in [0.4, 0.5) is 17.1 Å². The summed E-state index contributed by atoms with van der Waals surface area (Å²) in [6.45, 7) is 2.06. The van der Waals surface area contributed by atoms with Crippen LogP contribution in [0.2, 0.25) is 0 Å². The van der Waals surface area contributed by atoms with Gasteiger partial charge in [-0.15, -0.1) is 11.8 Å². The van der Waals surface area contributed by atoms with Crippen molar-refractivity contribution in [3.8, 4) is 0 Å². The summed E-state index contributed by atoms with van der Waals surface area (Å²) in [5.41, 5.74) is 2.71. The van der Waals surface area contributed by atoms with Crippen LogP contribution in [0.25, 0.3) is 0 Å². The second-order valence-electron chi connectivity index (χ2n) is 7.20. The summed E-state index contributed by atoms with van der Waals surface area (Å²) in [4.78, 5) is 30.2. The summed E-state index contributed by atoms with van der Waals surface area (Å²) >= 11 is 1.53. The maximum Gasteiger partial charge on any atom is 0.244 e. The molecule has 0 saturated carbocycles. The number of carbonyl (C=O) groups is 2. The molecule has 0 spiro atoms. The Morgan fingerprint density at radius 1 is 0.929 bits per heavy atom. The molecule has 0 bridgehead atoms. The van der Waals surface area contributed by atoms with Gasteiger partial charge in [0.05, 0.1) is 22.8 Å². The molecule has 4 rings (SSSR count). The number of fused-ring (bicyclic) bond motifs is 1. The van der Waals surface area contributed by atoms with Gasteiger partial charge in [0.25, 0.3) is 0 Å². The van der Waals surface area contributed by atoms with Crippen molar-refractivity contribution >= 4 is 40.6 Å². The second kappa shape index (κ2) is 8.69. The van der Waals surface area contributed by atoms with Crippen LogP contribution in [0.3, 0.4) is 0 Å². The maximum atomic E-state index is 12.8. The highest BCUT2D eigenvalue weighted by atomic mass is 32.2. The number of nitrogens with zero attached hydrogens (tertiary/aromatic N) is 2. The molecule has 0 aliphatic carbocycles. The molecule has 2 amide bonds. The molecule has 2 heterocycles. The largest absolute Gasteiger partial charge is 0.370 e. The third kappa shape index (κ3) is 4.17. The summed E-state index contributed by atoms with van der Waals surface area (Å²) in [6.07, 6.45) is 4.89. The number of amides is 2. The van der Waals surface area contributed by atoms with Gasteiger partial charge in [-0.1, -0.05) is 37.1 Å². The number of nitrogens with one attached hydrogen (secondary N) is 1. The van der Waals surface area contributed by atoms with Gasteiger partial charge in [0, 0.05) is 18.0 Å². The van der Waals surface area contributed by atoms with E-state index in [1.165, 1.54) is 37.4 Å². The predicted octanol–water partition coefficient (Wildman–Crippen LogP) is 4.14. The van der Waals surface area contributed by atoms with Gasteiger partial charge in [-0.05, 0) is 37.1 Å². The molecule has 1 fully saturated rings. The van der Waals surface area contributed by atoms with Crippen molar-refractivity contribution in [3.63, 3.8) is 0 Å². The number of benzene rings is 2. The van der Waals surface area contributed by atoms with Gasteiger partial charge < -0.3 is 15.1 Å². The van der Waals surface area contributed by atoms with Crippen LogP contribution in [0.5, 0.6) is 0 Å². The Kier molecular flexibility index (Phi) is 5.86. The van der Waals surface area contributed by atoms with E-state index >= 15 is 0 Å². The monoisotopic (exact) mass is 395 g/mol. The Hall–Kier alpha value is -2.47. The molecule has 2 aliphatic heterocycles. The summed E-state index contributed by atoms with van der Waals surface area (Å²) in [7, 11) is 0. The van der Waals surface area contributed by atoms with E-state index in [-0.39, 0.29) is 18.4 Å². The number of carbonyl (C=O) groups excluding carboxylic acids is 2. The highest BCUT2D eigenvalue weighted by Gasteiger charge is 2.26. The van der Waals surface area contributed by atoms with E-state index in [1.807, 2.05) is 42.5 Å². The Labute approximate surface area is 170 Å². The number of hydrogen-bond donors (Lipinski definition) is 1. The van der Waals surface area contributed by atoms with E-state index in [4.69, 9.17) is 0 Å². The molecule has 1 N–H and O–H groups in total. The van der Waals surface area contributed by atoms with Crippen molar-refractivity contribution in [1.82, 2.24) is 0 Å². The first kappa shape index (κ1) is 18.9. The molecule has 0 atom stereocenters. The fourth-order valence-corrected chi connectivity index (χ4v) is 4.76. The standard InChI is InChI=1S/C22H25N3O2S/c26-21(15-25-19-11-5-6-12-20(19)28-16-22(25)27)23-17-9-3-4-10-18(17)24-13-7-1-2-8-14-24/h3-6,9-12H,1-2,7-8,13-16H2,(H,23,26). The summed E-state index contributed by atoms with van der Waals surface area (Å²) in [5.74, 6) is 0.172. The number of para-hydroxylation sites is 3. The fraction of sp³-hybridized carbons (Fsp3) is 0.364. The van der Waals surface area contributed by atoms with Crippen LogP contribution >= 0.6 is 11.8 Å². The minimum Gasteiger partial charge on any atom is -0.370 e. The van der Waals surface area contributed by atoms with Crippen molar-refractivity contribution in [3.05, 3.63) is 48.5 Å². The molecule has 1 saturated heterocycles. The Bertz CT molecular complexity index is 862. The van der Waals surface area contributed by atoms with Crippen LogP contribution in [0.15, 0.2) is 53.4 Å². The fourth-order valence-electron chi connectivity index (χ4n) is 3.83. The Morgan fingerprint density at radius 3 is 2.39 bits per heavy atom. The van der Waals surface area contributed by atoms with Crippen molar-refractivity contribution in [1.29, 1.82) is 0 Å². The molecule has 146 valence electrons. The molecule has 5 nitrogen and oxygen atoms in total. The third-order valence-electron chi connectivity index (χ3n) is 5.23. The topological polar surface area (TPSA) is 52.7 Å².